The Kier molecular flexibility index (Phi) is 9.87. The van der Waals surface area contributed by atoms with Gasteiger partial charge < -0.3 is 29.7 Å². The fourth-order valence-electron chi connectivity index (χ4n) is 7.13. The first-order valence-electron chi connectivity index (χ1n) is 15.2. The van der Waals surface area contributed by atoms with E-state index in [-0.39, 0.29) is 17.2 Å². The Bertz CT molecular complexity index is 1550. The van der Waals surface area contributed by atoms with E-state index in [1.807, 2.05) is 54.3 Å². The van der Waals surface area contributed by atoms with Crippen molar-refractivity contribution in [3.8, 4) is 17.2 Å². The largest absolute Gasteiger partial charge is 0.493 e. The molecule has 2 N–H and O–H groups in total. The Hall–Kier alpha value is -3.46. The number of carbonyl (C=O) groups excluding carboxylic acids is 2. The van der Waals surface area contributed by atoms with Crippen LogP contribution in [0.4, 0.5) is 0 Å². The van der Waals surface area contributed by atoms with Gasteiger partial charge in [0.25, 0.3) is 5.91 Å². The summed E-state index contributed by atoms with van der Waals surface area (Å²) in [5.74, 6) is 0.919. The summed E-state index contributed by atoms with van der Waals surface area (Å²) in [6.07, 6.45) is 2.90. The number of methoxy groups -OCH3 is 3. The maximum absolute atomic E-state index is 13.9. The fourth-order valence-corrected chi connectivity index (χ4v) is 7.43. The molecular weight excluding hydrogens is 613 g/mol. The monoisotopic (exact) mass is 653 g/mol. The van der Waals surface area contributed by atoms with Crippen LogP contribution in [0.15, 0.2) is 54.6 Å². The maximum Gasteiger partial charge on any atom is 0.254 e. The number of amides is 2. The molecule has 3 aromatic rings. The average molecular weight is 655 g/mol. The molecule has 0 bridgehead atoms. The van der Waals surface area contributed by atoms with Gasteiger partial charge in [0.2, 0.25) is 11.7 Å². The number of aryl methyl sites for hydroxylation is 1. The number of benzene rings is 3. The van der Waals surface area contributed by atoms with Gasteiger partial charge in [-0.05, 0) is 93.2 Å². The predicted octanol–water partition coefficient (Wildman–Crippen LogP) is 6.02. The number of likely N-dealkylation sites (tertiary alicyclic amines) is 2. The highest BCUT2D eigenvalue weighted by atomic mass is 35.5. The summed E-state index contributed by atoms with van der Waals surface area (Å²) in [5.41, 5.74) is 8.68. The number of hydrogen-bond acceptors (Lipinski definition) is 6. The second-order valence-corrected chi connectivity index (χ2v) is 13.0. The molecule has 8 nitrogen and oxygen atoms in total. The molecule has 0 spiro atoms. The van der Waals surface area contributed by atoms with E-state index < -0.39 is 5.41 Å². The standard InChI is InChI=1S/C35H41Cl2N3O5/c1-23-7-5-6-8-26(23)35(33(38)42)13-16-39(17-14-35)15-11-34(25-9-10-27(36)28(37)21-25)12-18-40(22-34)32(41)24-19-29(43-2)31(45-4)30(20-24)44-3/h5-10,19-21H,11-18,22H2,1-4H3,(H2,38,42). The minimum Gasteiger partial charge on any atom is -0.493 e. The normalized spacial score (nSPS) is 19.7. The van der Waals surface area contributed by atoms with Crippen molar-refractivity contribution in [2.24, 2.45) is 5.73 Å². The highest BCUT2D eigenvalue weighted by Crippen LogP contribution is 2.43. The summed E-state index contributed by atoms with van der Waals surface area (Å²) in [6.45, 7) is 5.44. The van der Waals surface area contributed by atoms with Crippen molar-refractivity contribution in [2.45, 2.75) is 43.4 Å². The molecule has 5 rings (SSSR count). The van der Waals surface area contributed by atoms with Crippen molar-refractivity contribution in [3.63, 3.8) is 0 Å². The molecule has 2 aliphatic rings. The van der Waals surface area contributed by atoms with E-state index in [4.69, 9.17) is 43.1 Å². The van der Waals surface area contributed by atoms with Crippen molar-refractivity contribution < 1.29 is 23.8 Å². The number of halogens is 2. The third-order valence-electron chi connectivity index (χ3n) is 9.83. The van der Waals surface area contributed by atoms with Crippen molar-refractivity contribution in [3.05, 3.63) is 86.9 Å². The van der Waals surface area contributed by atoms with Crippen LogP contribution < -0.4 is 19.9 Å². The third-order valence-corrected chi connectivity index (χ3v) is 10.6. The molecule has 2 saturated heterocycles. The number of carbonyl (C=O) groups is 2. The maximum atomic E-state index is 13.9. The lowest BCUT2D eigenvalue weighted by atomic mass is 9.70. The molecule has 0 aromatic heterocycles. The minimum atomic E-state index is -0.666. The second-order valence-electron chi connectivity index (χ2n) is 12.2. The first-order chi connectivity index (χ1) is 21.6. The lowest BCUT2D eigenvalue weighted by molar-refractivity contribution is -0.125. The second kappa shape index (κ2) is 13.5. The SMILES string of the molecule is COc1cc(C(=O)N2CCC(CCN3CCC(C(N)=O)(c4ccccc4C)CC3)(c3ccc(Cl)c(Cl)c3)C2)cc(OC)c1OC. The van der Waals surface area contributed by atoms with Crippen molar-refractivity contribution in [1.29, 1.82) is 0 Å². The Morgan fingerprint density at radius 2 is 1.53 bits per heavy atom. The molecule has 3 aromatic carbocycles. The van der Waals surface area contributed by atoms with Gasteiger partial charge in [-0.3, -0.25) is 9.59 Å². The van der Waals surface area contributed by atoms with Crippen LogP contribution in [0.3, 0.4) is 0 Å². The van der Waals surface area contributed by atoms with Gasteiger partial charge in [0.05, 0.1) is 36.8 Å². The highest BCUT2D eigenvalue weighted by molar-refractivity contribution is 6.42. The number of piperidine rings is 1. The molecule has 240 valence electrons. The average Bonchev–Trinajstić information content (AvgIpc) is 3.50. The number of nitrogens with zero attached hydrogens (tertiary/aromatic N) is 2. The van der Waals surface area contributed by atoms with Crippen LogP contribution in [-0.4, -0.2) is 75.7 Å². The first-order valence-corrected chi connectivity index (χ1v) is 16.0. The van der Waals surface area contributed by atoms with Crippen molar-refractivity contribution in [1.82, 2.24) is 9.80 Å². The topological polar surface area (TPSA) is 94.3 Å². The summed E-state index contributed by atoms with van der Waals surface area (Å²) in [5, 5.41) is 0.985. The zero-order valence-electron chi connectivity index (χ0n) is 26.3. The molecule has 1 unspecified atom stereocenters. The van der Waals surface area contributed by atoms with Gasteiger partial charge in [0.15, 0.2) is 11.5 Å². The number of rotatable bonds is 10. The number of hydrogen-bond donors (Lipinski definition) is 1. The van der Waals surface area contributed by atoms with Gasteiger partial charge >= 0.3 is 0 Å². The molecule has 2 aliphatic heterocycles. The van der Waals surface area contributed by atoms with Crippen LogP contribution in [0.25, 0.3) is 0 Å². The summed E-state index contributed by atoms with van der Waals surface area (Å²) >= 11 is 12.8. The molecule has 1 atom stereocenters. The van der Waals surface area contributed by atoms with E-state index in [0.717, 1.165) is 49.2 Å². The lowest BCUT2D eigenvalue weighted by Gasteiger charge is -2.42. The van der Waals surface area contributed by atoms with Crippen LogP contribution in [0.5, 0.6) is 17.2 Å². The van der Waals surface area contributed by atoms with Crippen LogP contribution in [0.1, 0.15) is 52.7 Å². The molecule has 0 aliphatic carbocycles. The smallest absolute Gasteiger partial charge is 0.254 e. The van der Waals surface area contributed by atoms with Gasteiger partial charge in [-0.2, -0.15) is 0 Å². The molecule has 2 heterocycles. The molecule has 0 radical (unpaired) electrons. The predicted molar refractivity (Wildman–Crippen MR) is 177 cm³/mol. The Balaban J connectivity index is 1.37. The van der Waals surface area contributed by atoms with E-state index in [0.29, 0.717) is 58.8 Å². The van der Waals surface area contributed by atoms with E-state index in [1.165, 1.54) is 21.3 Å². The molecule has 10 heteroatoms. The Labute approximate surface area is 275 Å². The Morgan fingerprint density at radius 1 is 0.867 bits per heavy atom. The van der Waals surface area contributed by atoms with Gasteiger partial charge in [-0.15, -0.1) is 0 Å². The molecule has 0 saturated carbocycles. The zero-order chi connectivity index (χ0) is 32.4. The number of primary amides is 1. The molecular formula is C35H41Cl2N3O5. The van der Waals surface area contributed by atoms with E-state index >= 15 is 0 Å². The van der Waals surface area contributed by atoms with Crippen LogP contribution in [-0.2, 0) is 15.6 Å². The lowest BCUT2D eigenvalue weighted by Crippen LogP contribution is -2.51. The van der Waals surface area contributed by atoms with Crippen LogP contribution >= 0.6 is 23.2 Å². The summed E-state index contributed by atoms with van der Waals surface area (Å²) in [6, 6.07) is 17.2. The fraction of sp³-hybridized carbons (Fsp3) is 0.429. The van der Waals surface area contributed by atoms with Crippen LogP contribution in [0, 0.1) is 6.92 Å². The van der Waals surface area contributed by atoms with E-state index in [1.54, 1.807) is 12.1 Å². The van der Waals surface area contributed by atoms with Gasteiger partial charge in [0.1, 0.15) is 0 Å². The number of nitrogens with two attached hydrogens (primary N) is 1. The highest BCUT2D eigenvalue weighted by Gasteiger charge is 2.45. The van der Waals surface area contributed by atoms with E-state index in [2.05, 4.69) is 4.90 Å². The molecule has 2 amide bonds. The zero-order valence-corrected chi connectivity index (χ0v) is 27.8. The molecule has 2 fully saturated rings. The third kappa shape index (κ3) is 6.33. The molecule has 45 heavy (non-hydrogen) atoms. The Morgan fingerprint density at radius 3 is 2.11 bits per heavy atom. The number of ether oxygens (including phenoxy) is 3. The van der Waals surface area contributed by atoms with Crippen molar-refractivity contribution >= 4 is 35.0 Å². The van der Waals surface area contributed by atoms with E-state index in [9.17, 15) is 9.59 Å². The van der Waals surface area contributed by atoms with Gasteiger partial charge in [-0.1, -0.05) is 53.5 Å². The van der Waals surface area contributed by atoms with Gasteiger partial charge in [-0.25, -0.2) is 0 Å². The van der Waals surface area contributed by atoms with Gasteiger partial charge in [0, 0.05) is 24.1 Å². The first kappa shape index (κ1) is 32.9. The quantitative estimate of drug-likeness (QED) is 0.288. The minimum absolute atomic E-state index is 0.112. The van der Waals surface area contributed by atoms with Crippen LogP contribution in [0.2, 0.25) is 10.0 Å². The summed E-state index contributed by atoms with van der Waals surface area (Å²) in [7, 11) is 4.60. The summed E-state index contributed by atoms with van der Waals surface area (Å²) < 4.78 is 16.4. The van der Waals surface area contributed by atoms with Crippen molar-refractivity contribution in [2.75, 3.05) is 54.1 Å². The summed E-state index contributed by atoms with van der Waals surface area (Å²) in [4.78, 5) is 31.0.